The molecule has 1 atom stereocenters. The lowest BCUT2D eigenvalue weighted by molar-refractivity contribution is -0.140. The number of ether oxygens (including phenoxy) is 1. The summed E-state index contributed by atoms with van der Waals surface area (Å²) in [7, 11) is 0. The Morgan fingerprint density at radius 2 is 1.61 bits per heavy atom. The Morgan fingerprint density at radius 1 is 0.974 bits per heavy atom. The van der Waals surface area contributed by atoms with E-state index in [4.69, 9.17) is 16.3 Å². The minimum Gasteiger partial charge on any atom is -0.507 e. The molecule has 206 valence electrons. The number of amides is 1. The first kappa shape index (κ1) is 29.5. The molecule has 0 unspecified atom stereocenters. The molecule has 0 aliphatic carbocycles. The average molecular weight is 543 g/mol. The van der Waals surface area contributed by atoms with Gasteiger partial charge in [-0.1, -0.05) is 44.4 Å². The molecule has 0 bridgehead atoms. The van der Waals surface area contributed by atoms with Crippen LogP contribution in [0, 0.1) is 0 Å². The molecule has 1 aliphatic rings. The van der Waals surface area contributed by atoms with E-state index in [1.165, 1.54) is 11.0 Å². The van der Waals surface area contributed by atoms with Crippen LogP contribution >= 0.6 is 11.6 Å². The molecule has 0 saturated carbocycles. The van der Waals surface area contributed by atoms with Crippen LogP contribution in [0.4, 0.5) is 0 Å². The number of nitrogens with zero attached hydrogens (tertiary/aromatic N) is 2. The number of phenolic OH excluding ortho intramolecular Hbond substituents is 1. The average Bonchev–Trinajstić information content (AvgIpc) is 3.16. The monoisotopic (exact) mass is 542 g/mol. The van der Waals surface area contributed by atoms with Crippen LogP contribution in [0.5, 0.6) is 11.5 Å². The van der Waals surface area contributed by atoms with E-state index in [2.05, 4.69) is 18.7 Å². The molecule has 3 rings (SSSR count). The van der Waals surface area contributed by atoms with Crippen LogP contribution in [0.1, 0.15) is 70.0 Å². The van der Waals surface area contributed by atoms with Gasteiger partial charge in [0.2, 0.25) is 0 Å². The van der Waals surface area contributed by atoms with Crippen LogP contribution in [0.3, 0.4) is 0 Å². The highest BCUT2D eigenvalue weighted by Crippen LogP contribution is 2.42. The van der Waals surface area contributed by atoms with Crippen LogP contribution in [0.2, 0.25) is 5.02 Å². The summed E-state index contributed by atoms with van der Waals surface area (Å²) < 4.78 is 5.57. The van der Waals surface area contributed by atoms with Gasteiger partial charge < -0.3 is 24.7 Å². The number of hydrogen-bond acceptors (Lipinski definition) is 6. The Labute approximate surface area is 230 Å². The van der Waals surface area contributed by atoms with Gasteiger partial charge in [-0.3, -0.25) is 9.59 Å². The fourth-order valence-electron chi connectivity index (χ4n) is 4.76. The Hall–Kier alpha value is -3.03. The number of benzene rings is 2. The second-order valence-corrected chi connectivity index (χ2v) is 10.00. The summed E-state index contributed by atoms with van der Waals surface area (Å²) >= 11 is 6.02. The van der Waals surface area contributed by atoms with Gasteiger partial charge in [-0.2, -0.15) is 0 Å². The van der Waals surface area contributed by atoms with E-state index >= 15 is 0 Å². The standard InChI is InChI=1S/C30H39ClN2O5/c1-4-7-16-32(17-8-5-2)18-9-19-33-27(22-12-15-24(34)25(20-22)38-6-3)26(29(36)30(33)37)28(35)21-10-13-23(31)14-11-21/h10-15,20,27,34-35H,4-9,16-19H2,1-3H3/t27-/m0/s1. The van der Waals surface area contributed by atoms with Crippen LogP contribution < -0.4 is 4.74 Å². The molecule has 7 nitrogen and oxygen atoms in total. The van der Waals surface area contributed by atoms with Gasteiger partial charge in [0.1, 0.15) is 5.76 Å². The first-order chi connectivity index (χ1) is 18.3. The maximum atomic E-state index is 13.3. The van der Waals surface area contributed by atoms with Crippen molar-refractivity contribution in [3.8, 4) is 11.5 Å². The molecular weight excluding hydrogens is 504 g/mol. The number of rotatable bonds is 14. The normalized spacial score (nSPS) is 17.0. The van der Waals surface area contributed by atoms with E-state index in [0.29, 0.717) is 35.7 Å². The minimum absolute atomic E-state index is 0.0132. The Balaban J connectivity index is 1.98. The van der Waals surface area contributed by atoms with Crippen molar-refractivity contribution >= 4 is 29.1 Å². The maximum absolute atomic E-state index is 13.3. The third-order valence-corrected chi connectivity index (χ3v) is 7.04. The Bertz CT molecular complexity index is 1120. The molecule has 0 spiro atoms. The van der Waals surface area contributed by atoms with Crippen molar-refractivity contribution in [3.05, 3.63) is 64.2 Å². The zero-order valence-electron chi connectivity index (χ0n) is 22.6. The molecule has 1 amide bonds. The largest absolute Gasteiger partial charge is 0.507 e. The smallest absolute Gasteiger partial charge is 0.295 e. The summed E-state index contributed by atoms with van der Waals surface area (Å²) in [5.74, 6) is -1.42. The second kappa shape index (κ2) is 14.2. The van der Waals surface area contributed by atoms with Crippen LogP contribution in [0.25, 0.3) is 5.76 Å². The molecule has 38 heavy (non-hydrogen) atoms. The summed E-state index contributed by atoms with van der Waals surface area (Å²) in [6.07, 6.45) is 5.15. The van der Waals surface area contributed by atoms with Crippen LogP contribution in [0.15, 0.2) is 48.0 Å². The van der Waals surface area contributed by atoms with Crippen molar-refractivity contribution in [3.63, 3.8) is 0 Å². The van der Waals surface area contributed by atoms with Gasteiger partial charge in [-0.25, -0.2) is 0 Å². The van der Waals surface area contributed by atoms with Crippen molar-refractivity contribution in [2.75, 3.05) is 32.8 Å². The number of aromatic hydroxyl groups is 1. The van der Waals surface area contributed by atoms with Gasteiger partial charge in [-0.15, -0.1) is 0 Å². The number of ketones is 1. The lowest BCUT2D eigenvalue weighted by atomic mass is 9.95. The fourth-order valence-corrected chi connectivity index (χ4v) is 4.88. The van der Waals surface area contributed by atoms with E-state index in [1.54, 1.807) is 36.4 Å². The van der Waals surface area contributed by atoms with Crippen LogP contribution in [-0.4, -0.2) is 64.5 Å². The van der Waals surface area contributed by atoms with Gasteiger partial charge in [0, 0.05) is 17.1 Å². The van der Waals surface area contributed by atoms with E-state index in [1.807, 2.05) is 6.92 Å². The number of aliphatic hydroxyl groups excluding tert-OH is 1. The predicted octanol–water partition coefficient (Wildman–Crippen LogP) is 6.16. The summed E-state index contributed by atoms with van der Waals surface area (Å²) in [5.41, 5.74) is 0.987. The molecule has 1 saturated heterocycles. The van der Waals surface area contributed by atoms with Gasteiger partial charge >= 0.3 is 0 Å². The fraction of sp³-hybridized carbons (Fsp3) is 0.467. The topological polar surface area (TPSA) is 90.3 Å². The minimum atomic E-state index is -0.815. The zero-order valence-corrected chi connectivity index (χ0v) is 23.3. The molecule has 1 aliphatic heterocycles. The number of hydrogen-bond donors (Lipinski definition) is 2. The Kier molecular flexibility index (Phi) is 11.0. The summed E-state index contributed by atoms with van der Waals surface area (Å²) in [4.78, 5) is 30.6. The van der Waals surface area contributed by atoms with Crippen molar-refractivity contribution in [2.45, 2.75) is 58.9 Å². The molecule has 8 heteroatoms. The second-order valence-electron chi connectivity index (χ2n) is 9.56. The third kappa shape index (κ3) is 7.08. The number of halogens is 1. The van der Waals surface area contributed by atoms with Crippen molar-refractivity contribution < 1.29 is 24.5 Å². The van der Waals surface area contributed by atoms with Gasteiger partial charge in [0.05, 0.1) is 18.2 Å². The highest BCUT2D eigenvalue weighted by atomic mass is 35.5. The molecule has 2 N–H and O–H groups in total. The SMILES string of the molecule is CCCCN(CCCC)CCCN1C(=O)C(=O)C(=C(O)c2ccc(Cl)cc2)[C@@H]1c1ccc(O)c(OCC)c1. The van der Waals surface area contributed by atoms with Crippen molar-refractivity contribution in [1.29, 1.82) is 0 Å². The number of unbranched alkanes of at least 4 members (excludes halogenated alkanes) is 2. The summed E-state index contributed by atoms with van der Waals surface area (Å²) in [6, 6.07) is 10.4. The molecule has 0 aromatic heterocycles. The predicted molar refractivity (Wildman–Crippen MR) is 151 cm³/mol. The van der Waals surface area contributed by atoms with Crippen LogP contribution in [-0.2, 0) is 9.59 Å². The number of carbonyl (C=O) groups excluding carboxylic acids is 2. The highest BCUT2D eigenvalue weighted by molar-refractivity contribution is 6.46. The van der Waals surface area contributed by atoms with E-state index < -0.39 is 17.7 Å². The number of phenols is 1. The summed E-state index contributed by atoms with van der Waals surface area (Å²) in [6.45, 7) is 9.67. The van der Waals surface area contributed by atoms with E-state index in [9.17, 15) is 19.8 Å². The molecule has 2 aromatic carbocycles. The number of aliphatic hydroxyl groups is 1. The molecule has 1 fully saturated rings. The third-order valence-electron chi connectivity index (χ3n) is 6.79. The highest BCUT2D eigenvalue weighted by Gasteiger charge is 2.46. The molecule has 2 aromatic rings. The number of Topliss-reactive ketones (excluding diaryl/α,β-unsaturated/α-hetero) is 1. The van der Waals surface area contributed by atoms with E-state index in [0.717, 1.165) is 45.3 Å². The van der Waals surface area contributed by atoms with E-state index in [-0.39, 0.29) is 22.8 Å². The summed E-state index contributed by atoms with van der Waals surface area (Å²) in [5, 5.41) is 22.0. The quantitative estimate of drug-likeness (QED) is 0.169. The molecule has 0 radical (unpaired) electrons. The number of likely N-dealkylation sites (tertiary alicyclic amines) is 1. The number of carbonyl (C=O) groups is 2. The maximum Gasteiger partial charge on any atom is 0.295 e. The van der Waals surface area contributed by atoms with Gasteiger partial charge in [-0.05, 0) is 87.8 Å². The lowest BCUT2D eigenvalue weighted by Gasteiger charge is -2.28. The van der Waals surface area contributed by atoms with Crippen molar-refractivity contribution in [1.82, 2.24) is 9.80 Å². The van der Waals surface area contributed by atoms with Gasteiger partial charge in [0.25, 0.3) is 11.7 Å². The molecule has 1 heterocycles. The van der Waals surface area contributed by atoms with Gasteiger partial charge in [0.15, 0.2) is 11.5 Å². The Morgan fingerprint density at radius 3 is 2.21 bits per heavy atom. The first-order valence-corrected chi connectivity index (χ1v) is 13.9. The lowest BCUT2D eigenvalue weighted by Crippen LogP contribution is -2.34. The first-order valence-electron chi connectivity index (χ1n) is 13.5. The van der Waals surface area contributed by atoms with Crippen molar-refractivity contribution in [2.24, 2.45) is 0 Å². The molecular formula is C30H39ClN2O5. The zero-order chi connectivity index (χ0) is 27.7.